The summed E-state index contributed by atoms with van der Waals surface area (Å²) in [6, 6.07) is 20.7. The van der Waals surface area contributed by atoms with E-state index in [4.69, 9.17) is 14.2 Å². The van der Waals surface area contributed by atoms with Crippen LogP contribution in [0.5, 0.6) is 5.75 Å². The first-order chi connectivity index (χ1) is 19.7. The minimum atomic E-state index is -0.271. The van der Waals surface area contributed by atoms with Crippen LogP contribution in [0.1, 0.15) is 47.9 Å². The molecule has 0 unspecified atom stereocenters. The lowest BCUT2D eigenvalue weighted by Crippen LogP contribution is -2.15. The largest absolute Gasteiger partial charge is 0.493 e. The smallest absolute Gasteiger partial charge is 0.355 e. The Kier molecular flexibility index (Phi) is 7.55. The van der Waals surface area contributed by atoms with Crippen molar-refractivity contribution in [1.82, 2.24) is 14.3 Å². The van der Waals surface area contributed by atoms with Crippen LogP contribution in [0.25, 0.3) is 32.8 Å². The molecule has 0 bridgehead atoms. The zero-order valence-electron chi connectivity index (χ0n) is 23.2. The van der Waals surface area contributed by atoms with E-state index in [1.165, 1.54) is 0 Å². The zero-order chi connectivity index (χ0) is 27.5. The molecule has 40 heavy (non-hydrogen) atoms. The standard InChI is InChI=1S/C33H35N3O4/c1-3-39-33(37)32-26(16-10-20-40-30-17-8-12-23-11-4-5-13-24(23)30)25-14-9-15-27-28-21-34-35(2)29(28)22-38-19-7-6-18-36(32)31(25)27/h4-5,8-9,11-15,17,21H,3,6-7,10,16,18-20,22H2,1-2H3. The number of esters is 1. The van der Waals surface area contributed by atoms with Crippen molar-refractivity contribution in [2.24, 2.45) is 7.05 Å². The molecule has 2 aromatic heterocycles. The second-order valence-corrected chi connectivity index (χ2v) is 10.2. The van der Waals surface area contributed by atoms with Gasteiger partial charge in [-0.2, -0.15) is 5.10 Å². The van der Waals surface area contributed by atoms with Crippen molar-refractivity contribution in [3.8, 4) is 16.9 Å². The Hall–Kier alpha value is -4.10. The molecule has 0 fully saturated rings. The molecule has 3 heterocycles. The van der Waals surface area contributed by atoms with Gasteiger partial charge >= 0.3 is 5.97 Å². The summed E-state index contributed by atoms with van der Waals surface area (Å²) in [7, 11) is 1.95. The number of aromatic nitrogens is 3. The molecule has 206 valence electrons. The molecule has 0 spiro atoms. The monoisotopic (exact) mass is 537 g/mol. The normalized spacial score (nSPS) is 13.7. The number of carbonyl (C=O) groups is 1. The van der Waals surface area contributed by atoms with Crippen molar-refractivity contribution in [2.45, 2.75) is 45.8 Å². The predicted molar refractivity (Wildman–Crippen MR) is 157 cm³/mol. The highest BCUT2D eigenvalue weighted by atomic mass is 16.5. The van der Waals surface area contributed by atoms with Crippen LogP contribution >= 0.6 is 0 Å². The van der Waals surface area contributed by atoms with Gasteiger partial charge in [0.25, 0.3) is 0 Å². The highest BCUT2D eigenvalue weighted by Crippen LogP contribution is 2.38. The first-order valence-electron chi connectivity index (χ1n) is 14.2. The van der Waals surface area contributed by atoms with Crippen LogP contribution in [0.3, 0.4) is 0 Å². The summed E-state index contributed by atoms with van der Waals surface area (Å²) in [5.74, 6) is 0.612. The van der Waals surface area contributed by atoms with Crippen LogP contribution in [0.4, 0.5) is 0 Å². The zero-order valence-corrected chi connectivity index (χ0v) is 23.2. The van der Waals surface area contributed by atoms with Gasteiger partial charge < -0.3 is 18.8 Å². The van der Waals surface area contributed by atoms with Gasteiger partial charge in [0.1, 0.15) is 11.4 Å². The van der Waals surface area contributed by atoms with E-state index in [0.29, 0.717) is 45.1 Å². The fourth-order valence-electron chi connectivity index (χ4n) is 5.86. The molecule has 0 saturated carbocycles. The van der Waals surface area contributed by atoms with Crippen LogP contribution in [-0.2, 0) is 36.1 Å². The third kappa shape index (κ3) is 4.86. The van der Waals surface area contributed by atoms with E-state index < -0.39 is 0 Å². The fourth-order valence-corrected chi connectivity index (χ4v) is 5.86. The van der Waals surface area contributed by atoms with Crippen LogP contribution in [0, 0.1) is 0 Å². The minimum absolute atomic E-state index is 0.271. The molecule has 0 saturated heterocycles. The van der Waals surface area contributed by atoms with E-state index in [2.05, 4.69) is 46.1 Å². The number of fused-ring (bicyclic) bond motifs is 3. The summed E-state index contributed by atoms with van der Waals surface area (Å²) in [4.78, 5) is 13.5. The molecule has 1 aliphatic heterocycles. The molecule has 7 heteroatoms. The van der Waals surface area contributed by atoms with E-state index >= 15 is 0 Å². The van der Waals surface area contributed by atoms with Crippen LogP contribution in [0.2, 0.25) is 0 Å². The van der Waals surface area contributed by atoms with Gasteiger partial charge in [0.05, 0.1) is 37.2 Å². The number of para-hydroxylation sites is 1. The highest BCUT2D eigenvalue weighted by Gasteiger charge is 2.27. The molecular weight excluding hydrogens is 502 g/mol. The average molecular weight is 538 g/mol. The Morgan fingerprint density at radius 1 is 1.00 bits per heavy atom. The molecule has 0 atom stereocenters. The van der Waals surface area contributed by atoms with Gasteiger partial charge in [-0.05, 0) is 49.6 Å². The summed E-state index contributed by atoms with van der Waals surface area (Å²) < 4.78 is 21.9. The van der Waals surface area contributed by atoms with Gasteiger partial charge in [-0.3, -0.25) is 4.68 Å². The SMILES string of the molecule is CCOC(=O)c1c(CCCOc2cccc3ccccc23)c2cccc3c2n1CCCCOCc1c-3cnn1C. The van der Waals surface area contributed by atoms with Gasteiger partial charge in [-0.25, -0.2) is 4.79 Å². The van der Waals surface area contributed by atoms with Crippen LogP contribution in [-0.4, -0.2) is 40.1 Å². The van der Waals surface area contributed by atoms with E-state index in [-0.39, 0.29) is 5.97 Å². The highest BCUT2D eigenvalue weighted by molar-refractivity contribution is 6.04. The summed E-state index contributed by atoms with van der Waals surface area (Å²) in [5.41, 5.74) is 5.87. The van der Waals surface area contributed by atoms with E-state index in [1.54, 1.807) is 0 Å². The summed E-state index contributed by atoms with van der Waals surface area (Å²) >= 11 is 0. The molecule has 0 N–H and O–H groups in total. The van der Waals surface area contributed by atoms with Gasteiger partial charge in [0.15, 0.2) is 0 Å². The molecule has 0 amide bonds. The Balaban J connectivity index is 1.39. The Morgan fingerprint density at radius 2 is 1.82 bits per heavy atom. The Bertz CT molecular complexity index is 1660. The third-order valence-corrected chi connectivity index (χ3v) is 7.74. The molecular formula is C33H35N3O4. The fraction of sp³-hybridized carbons (Fsp3) is 0.333. The number of hydrogen-bond donors (Lipinski definition) is 0. The van der Waals surface area contributed by atoms with Crippen LogP contribution in [0.15, 0.2) is 66.9 Å². The molecule has 0 radical (unpaired) electrons. The van der Waals surface area contributed by atoms with Crippen molar-refractivity contribution in [2.75, 3.05) is 19.8 Å². The van der Waals surface area contributed by atoms with Crippen molar-refractivity contribution < 1.29 is 19.0 Å². The third-order valence-electron chi connectivity index (χ3n) is 7.74. The van der Waals surface area contributed by atoms with Crippen molar-refractivity contribution in [3.05, 3.63) is 83.8 Å². The maximum absolute atomic E-state index is 13.5. The number of nitrogens with zero attached hydrogens (tertiary/aromatic N) is 3. The second kappa shape index (κ2) is 11.6. The maximum atomic E-state index is 13.5. The summed E-state index contributed by atoms with van der Waals surface area (Å²) in [6.45, 7) is 4.62. The van der Waals surface area contributed by atoms with Crippen LogP contribution < -0.4 is 4.74 Å². The number of rotatable bonds is 7. The van der Waals surface area contributed by atoms with E-state index in [9.17, 15) is 4.79 Å². The number of carbonyl (C=O) groups excluding carboxylic acids is 1. The molecule has 3 aromatic carbocycles. The Labute approximate surface area is 234 Å². The molecule has 0 aliphatic carbocycles. The van der Waals surface area contributed by atoms with Crippen molar-refractivity contribution in [1.29, 1.82) is 0 Å². The molecule has 7 nitrogen and oxygen atoms in total. The minimum Gasteiger partial charge on any atom is -0.493 e. The first kappa shape index (κ1) is 26.1. The Morgan fingerprint density at radius 3 is 2.73 bits per heavy atom. The molecule has 6 rings (SSSR count). The number of benzene rings is 3. The predicted octanol–water partition coefficient (Wildman–Crippen LogP) is 6.69. The lowest BCUT2D eigenvalue weighted by atomic mass is 10.00. The summed E-state index contributed by atoms with van der Waals surface area (Å²) in [5, 5.41) is 7.90. The lowest BCUT2D eigenvalue weighted by molar-refractivity contribution is 0.0512. The van der Waals surface area contributed by atoms with E-state index in [0.717, 1.165) is 69.1 Å². The number of ether oxygens (including phenoxy) is 3. The van der Waals surface area contributed by atoms with Crippen molar-refractivity contribution in [3.63, 3.8) is 0 Å². The lowest BCUT2D eigenvalue weighted by Gasteiger charge is -2.13. The topological polar surface area (TPSA) is 67.5 Å². The molecule has 1 aliphatic rings. The van der Waals surface area contributed by atoms with Gasteiger partial charge in [-0.1, -0.05) is 54.6 Å². The van der Waals surface area contributed by atoms with E-state index in [1.807, 2.05) is 49.1 Å². The summed E-state index contributed by atoms with van der Waals surface area (Å²) in [6.07, 6.45) is 5.19. The van der Waals surface area contributed by atoms with Gasteiger partial charge in [0.2, 0.25) is 0 Å². The second-order valence-electron chi connectivity index (χ2n) is 10.2. The molecule has 5 aromatic rings. The number of aryl methyl sites for hydroxylation is 3. The number of hydrogen-bond acceptors (Lipinski definition) is 5. The first-order valence-corrected chi connectivity index (χ1v) is 14.2. The van der Waals surface area contributed by atoms with Gasteiger partial charge in [0, 0.05) is 42.1 Å². The van der Waals surface area contributed by atoms with Gasteiger partial charge in [-0.15, -0.1) is 0 Å². The van der Waals surface area contributed by atoms with Crippen molar-refractivity contribution >= 4 is 27.6 Å². The maximum Gasteiger partial charge on any atom is 0.355 e. The average Bonchev–Trinajstić information content (AvgIpc) is 3.49. The quantitative estimate of drug-likeness (QED) is 0.171.